The minimum absolute atomic E-state index is 0.000300. The predicted octanol–water partition coefficient (Wildman–Crippen LogP) is 2.88. The topological polar surface area (TPSA) is 68.2 Å². The van der Waals surface area contributed by atoms with E-state index in [4.69, 9.17) is 14.3 Å². The highest BCUT2D eigenvalue weighted by atomic mass is 16.8. The van der Waals surface area contributed by atoms with E-state index >= 15 is 0 Å². The molecule has 0 aromatic heterocycles. The first kappa shape index (κ1) is 18.7. The zero-order valence-corrected chi connectivity index (χ0v) is 15.3. The zero-order valence-electron chi connectivity index (χ0n) is 15.3. The van der Waals surface area contributed by atoms with Gasteiger partial charge in [0.15, 0.2) is 6.79 Å². The number of carbonyl (C=O) groups excluding carboxylic acids is 1. The number of aliphatic hydroxyl groups excluding tert-OH is 1. The Labute approximate surface area is 143 Å². The van der Waals surface area contributed by atoms with E-state index in [1.807, 2.05) is 39.0 Å². The lowest BCUT2D eigenvalue weighted by atomic mass is 9.74. The van der Waals surface area contributed by atoms with Crippen LogP contribution in [-0.2, 0) is 19.1 Å². The van der Waals surface area contributed by atoms with Crippen molar-refractivity contribution >= 4 is 5.91 Å². The Morgan fingerprint density at radius 1 is 1.33 bits per heavy atom. The number of methoxy groups -OCH3 is 1. The van der Waals surface area contributed by atoms with E-state index in [0.29, 0.717) is 12.2 Å². The van der Waals surface area contributed by atoms with E-state index in [1.54, 1.807) is 21.0 Å². The van der Waals surface area contributed by atoms with Crippen LogP contribution in [0.2, 0.25) is 0 Å². The molecule has 0 saturated carbocycles. The molecular weight excluding hydrogens is 310 g/mol. The van der Waals surface area contributed by atoms with Gasteiger partial charge in [-0.3, -0.25) is 4.79 Å². The van der Waals surface area contributed by atoms with Gasteiger partial charge in [0.25, 0.3) is 5.91 Å². The van der Waals surface area contributed by atoms with Gasteiger partial charge in [-0.15, -0.1) is 0 Å². The summed E-state index contributed by atoms with van der Waals surface area (Å²) >= 11 is 0. The van der Waals surface area contributed by atoms with Crippen molar-refractivity contribution in [2.45, 2.75) is 45.8 Å². The summed E-state index contributed by atoms with van der Waals surface area (Å²) in [6.07, 6.45) is 5.73. The number of nitrogens with zero attached hydrogens (tertiary/aromatic N) is 1. The molecule has 0 spiro atoms. The minimum atomic E-state index is -0.973. The van der Waals surface area contributed by atoms with Gasteiger partial charge >= 0.3 is 0 Å². The molecule has 134 valence electrons. The molecule has 2 aliphatic rings. The summed E-state index contributed by atoms with van der Waals surface area (Å²) in [6.45, 7) is 9.57. The fourth-order valence-corrected chi connectivity index (χ4v) is 3.28. The smallest absolute Gasteiger partial charge is 0.278 e. The number of carbonyl (C=O) groups is 1. The van der Waals surface area contributed by atoms with Crippen molar-refractivity contribution < 1.29 is 24.2 Å². The molecule has 0 aromatic carbocycles. The predicted molar refractivity (Wildman–Crippen MR) is 90.0 cm³/mol. The van der Waals surface area contributed by atoms with Crippen LogP contribution in [0.25, 0.3) is 0 Å². The van der Waals surface area contributed by atoms with Crippen molar-refractivity contribution in [3.05, 3.63) is 35.1 Å². The second-order valence-corrected chi connectivity index (χ2v) is 6.75. The number of amides is 1. The Hall–Kier alpha value is -1.63. The number of ether oxygens (including phenoxy) is 2. The molecule has 6 nitrogen and oxygen atoms in total. The quantitative estimate of drug-likeness (QED) is 0.596. The largest absolute Gasteiger partial charge is 0.509 e. The fourth-order valence-electron chi connectivity index (χ4n) is 3.28. The molecule has 1 N–H and O–H groups in total. The number of aliphatic hydroxyl groups is 1. The summed E-state index contributed by atoms with van der Waals surface area (Å²) in [7, 11) is 1.60. The summed E-state index contributed by atoms with van der Waals surface area (Å²) in [5, 5.41) is 12.0. The second-order valence-electron chi connectivity index (χ2n) is 6.75. The molecule has 2 rings (SSSR count). The van der Waals surface area contributed by atoms with Gasteiger partial charge in [-0.2, -0.15) is 0 Å². The van der Waals surface area contributed by atoms with Gasteiger partial charge in [-0.1, -0.05) is 23.8 Å². The Kier molecular flexibility index (Phi) is 5.22. The molecule has 0 bridgehead atoms. The van der Waals surface area contributed by atoms with Gasteiger partial charge in [0.05, 0.1) is 11.2 Å². The molecule has 1 amide bonds. The average molecular weight is 337 g/mol. The van der Waals surface area contributed by atoms with Crippen LogP contribution in [0, 0.1) is 5.92 Å². The molecule has 0 saturated heterocycles. The van der Waals surface area contributed by atoms with Crippen molar-refractivity contribution in [1.29, 1.82) is 0 Å². The summed E-state index contributed by atoms with van der Waals surface area (Å²) in [6, 6.07) is 0. The van der Waals surface area contributed by atoms with E-state index in [1.165, 1.54) is 5.06 Å². The fraction of sp³-hybridized carbons (Fsp3) is 0.611. The maximum Gasteiger partial charge on any atom is 0.278 e. The van der Waals surface area contributed by atoms with E-state index in [9.17, 15) is 9.90 Å². The molecule has 1 aliphatic carbocycles. The van der Waals surface area contributed by atoms with Gasteiger partial charge in [-0.05, 0) is 34.6 Å². The van der Waals surface area contributed by atoms with Crippen LogP contribution in [0.4, 0.5) is 0 Å². The molecule has 6 heteroatoms. The molecule has 24 heavy (non-hydrogen) atoms. The molecule has 0 fully saturated rings. The average Bonchev–Trinajstić information content (AvgIpc) is 2.68. The van der Waals surface area contributed by atoms with Crippen LogP contribution >= 0.6 is 0 Å². The van der Waals surface area contributed by atoms with Crippen molar-refractivity contribution in [1.82, 2.24) is 5.06 Å². The maximum atomic E-state index is 13.0. The first-order valence-electron chi connectivity index (χ1n) is 8.10. The van der Waals surface area contributed by atoms with Gasteiger partial charge in [0.1, 0.15) is 11.3 Å². The van der Waals surface area contributed by atoms with E-state index in [0.717, 1.165) is 5.57 Å². The Balaban J connectivity index is 2.42. The third-order valence-electron chi connectivity index (χ3n) is 4.77. The molecule has 2 unspecified atom stereocenters. The number of rotatable bonds is 6. The van der Waals surface area contributed by atoms with Crippen LogP contribution in [0.15, 0.2) is 35.1 Å². The lowest BCUT2D eigenvalue weighted by molar-refractivity contribution is -0.243. The Morgan fingerprint density at radius 3 is 2.58 bits per heavy atom. The number of hydroxylamine groups is 2. The summed E-state index contributed by atoms with van der Waals surface area (Å²) in [5.41, 5.74) is -0.443. The van der Waals surface area contributed by atoms with Crippen LogP contribution in [0.5, 0.6) is 0 Å². The third kappa shape index (κ3) is 2.90. The van der Waals surface area contributed by atoms with Crippen LogP contribution in [0.3, 0.4) is 0 Å². The van der Waals surface area contributed by atoms with Gasteiger partial charge in [0, 0.05) is 19.6 Å². The van der Waals surface area contributed by atoms with E-state index < -0.39 is 11.1 Å². The monoisotopic (exact) mass is 337 g/mol. The minimum Gasteiger partial charge on any atom is -0.509 e. The SMILES string of the molecule is CCOCON1C(=O)C(C2C(C)=CC=CC2(C)OC)=C(O)C1(C)C. The van der Waals surface area contributed by atoms with E-state index in [2.05, 4.69) is 0 Å². The molecule has 0 aromatic rings. The highest BCUT2D eigenvalue weighted by molar-refractivity contribution is 5.98. The molecule has 1 aliphatic heterocycles. The molecule has 0 radical (unpaired) electrons. The lowest BCUT2D eigenvalue weighted by Crippen LogP contribution is -2.45. The summed E-state index contributed by atoms with van der Waals surface area (Å²) < 4.78 is 10.8. The summed E-state index contributed by atoms with van der Waals surface area (Å²) in [4.78, 5) is 18.5. The van der Waals surface area contributed by atoms with Crippen molar-refractivity contribution in [2.24, 2.45) is 5.92 Å². The van der Waals surface area contributed by atoms with Gasteiger partial charge in [0.2, 0.25) is 0 Å². The van der Waals surface area contributed by atoms with Crippen molar-refractivity contribution in [2.75, 3.05) is 20.5 Å². The van der Waals surface area contributed by atoms with Crippen LogP contribution < -0.4 is 0 Å². The Bertz CT molecular complexity index is 605. The lowest BCUT2D eigenvalue weighted by Gasteiger charge is -2.37. The second kappa shape index (κ2) is 6.70. The number of allylic oxidation sites excluding steroid dienone is 2. The molecular formula is C18H27NO5. The van der Waals surface area contributed by atoms with Crippen molar-refractivity contribution in [3.63, 3.8) is 0 Å². The molecule has 1 heterocycles. The Morgan fingerprint density at radius 2 is 2.00 bits per heavy atom. The third-order valence-corrected chi connectivity index (χ3v) is 4.77. The maximum absolute atomic E-state index is 13.0. The highest BCUT2D eigenvalue weighted by Gasteiger charge is 2.53. The summed E-state index contributed by atoms with van der Waals surface area (Å²) in [5.74, 6) is -0.756. The van der Waals surface area contributed by atoms with Gasteiger partial charge in [-0.25, -0.2) is 9.90 Å². The number of hydrogen-bond donors (Lipinski definition) is 1. The normalized spacial score (nSPS) is 29.4. The van der Waals surface area contributed by atoms with Crippen LogP contribution in [-0.4, -0.2) is 47.7 Å². The van der Waals surface area contributed by atoms with Gasteiger partial charge < -0.3 is 14.6 Å². The van der Waals surface area contributed by atoms with E-state index in [-0.39, 0.29) is 24.4 Å². The first-order chi connectivity index (χ1) is 11.2. The zero-order chi connectivity index (χ0) is 18.1. The highest BCUT2D eigenvalue weighted by Crippen LogP contribution is 2.45. The standard InChI is InChI=1S/C18H27NO5/c1-7-23-11-24-19-16(21)13(15(20)17(19,3)4)14-12(2)9-8-10-18(14,5)22-6/h8-10,14,20H,7,11H2,1-6H3. The van der Waals surface area contributed by atoms with Crippen LogP contribution in [0.1, 0.15) is 34.6 Å². The van der Waals surface area contributed by atoms with Crippen molar-refractivity contribution in [3.8, 4) is 0 Å². The first-order valence-corrected chi connectivity index (χ1v) is 8.10. The molecule has 2 atom stereocenters. The number of hydrogen-bond acceptors (Lipinski definition) is 5.